The van der Waals surface area contributed by atoms with Gasteiger partial charge < -0.3 is 14.7 Å². The molecule has 0 bridgehead atoms. The molecule has 1 aliphatic rings. The minimum atomic E-state index is -1.11. The Morgan fingerprint density at radius 1 is 1.31 bits per heavy atom. The Balaban J connectivity index is 2.21. The lowest BCUT2D eigenvalue weighted by Crippen LogP contribution is -2.45. The summed E-state index contributed by atoms with van der Waals surface area (Å²) in [6.07, 6.45) is 0.600. The minimum Gasteiger partial charge on any atom is -0.497 e. The summed E-state index contributed by atoms with van der Waals surface area (Å²) in [5.41, 5.74) is 0.710. The fourth-order valence-corrected chi connectivity index (χ4v) is 3.93. The summed E-state index contributed by atoms with van der Waals surface area (Å²) in [6.45, 7) is 0.303. The van der Waals surface area contributed by atoms with E-state index in [0.717, 1.165) is 6.07 Å². The first-order valence-corrected chi connectivity index (χ1v) is 10.0. The molecule has 0 saturated carbocycles. The molecule has 1 aliphatic heterocycles. The zero-order valence-electron chi connectivity index (χ0n) is 15.6. The molecule has 9 heteroatoms. The maximum absolute atomic E-state index is 13.3. The van der Waals surface area contributed by atoms with E-state index in [1.54, 1.807) is 24.3 Å². The molecule has 1 amide bonds. The molecule has 0 aromatic heterocycles. The average Bonchev–Trinajstić information content (AvgIpc) is 2.72. The predicted octanol–water partition coefficient (Wildman–Crippen LogP) is 3.75. The van der Waals surface area contributed by atoms with Crippen molar-refractivity contribution >= 4 is 33.5 Å². The van der Waals surface area contributed by atoms with Crippen molar-refractivity contribution in [3.63, 3.8) is 0 Å². The topological polar surface area (TPSA) is 110 Å². The zero-order valence-corrected chi connectivity index (χ0v) is 17.2. The van der Waals surface area contributed by atoms with Gasteiger partial charge >= 0.3 is 5.97 Å². The lowest BCUT2D eigenvalue weighted by Gasteiger charge is -2.40. The van der Waals surface area contributed by atoms with E-state index >= 15 is 0 Å². The molecule has 0 aliphatic carbocycles. The Hall–Kier alpha value is -2.94. The van der Waals surface area contributed by atoms with Crippen LogP contribution in [0.1, 0.15) is 39.9 Å². The van der Waals surface area contributed by atoms with Gasteiger partial charge in [0.25, 0.3) is 11.6 Å². The third kappa shape index (κ3) is 3.95. The number of carbonyl (C=O) groups excluding carboxylic acids is 1. The van der Waals surface area contributed by atoms with Crippen LogP contribution in [0.3, 0.4) is 0 Å². The molecule has 2 atom stereocenters. The van der Waals surface area contributed by atoms with E-state index in [1.807, 2.05) is 0 Å². The molecule has 2 aromatic carbocycles. The molecule has 1 heterocycles. The van der Waals surface area contributed by atoms with Gasteiger partial charge in [-0.25, -0.2) is 0 Å². The van der Waals surface area contributed by atoms with Crippen molar-refractivity contribution in [3.8, 4) is 5.75 Å². The molecule has 1 N–H and O–H groups in total. The van der Waals surface area contributed by atoms with Gasteiger partial charge in [0, 0.05) is 24.0 Å². The number of aliphatic carboxylic acids is 1. The van der Waals surface area contributed by atoms with Crippen molar-refractivity contribution in [1.82, 2.24) is 4.90 Å². The van der Waals surface area contributed by atoms with Crippen LogP contribution in [-0.2, 0) is 4.79 Å². The second-order valence-electron chi connectivity index (χ2n) is 6.61. The van der Waals surface area contributed by atoms with Crippen molar-refractivity contribution in [2.45, 2.75) is 18.4 Å². The van der Waals surface area contributed by atoms with E-state index in [2.05, 4.69) is 15.9 Å². The van der Waals surface area contributed by atoms with Crippen molar-refractivity contribution in [2.75, 3.05) is 19.0 Å². The van der Waals surface area contributed by atoms with Gasteiger partial charge in [-0.1, -0.05) is 34.1 Å². The van der Waals surface area contributed by atoms with Crippen LogP contribution in [-0.4, -0.2) is 45.8 Å². The van der Waals surface area contributed by atoms with Gasteiger partial charge in [0.05, 0.1) is 23.6 Å². The van der Waals surface area contributed by atoms with Crippen LogP contribution in [0.25, 0.3) is 0 Å². The molecule has 2 aromatic rings. The highest BCUT2D eigenvalue weighted by molar-refractivity contribution is 9.09. The fourth-order valence-electron chi connectivity index (χ4n) is 3.68. The van der Waals surface area contributed by atoms with Gasteiger partial charge in [-0.2, -0.15) is 0 Å². The van der Waals surface area contributed by atoms with Crippen LogP contribution < -0.4 is 4.74 Å². The summed E-state index contributed by atoms with van der Waals surface area (Å²) in [6, 6.07) is 9.96. The number of alkyl halides is 1. The molecular formula is C20H19BrN2O6. The van der Waals surface area contributed by atoms with Crippen molar-refractivity contribution in [2.24, 2.45) is 0 Å². The third-order valence-corrected chi connectivity index (χ3v) is 5.52. The predicted molar refractivity (Wildman–Crippen MR) is 109 cm³/mol. The Labute approximate surface area is 175 Å². The van der Waals surface area contributed by atoms with Gasteiger partial charge in [0.15, 0.2) is 0 Å². The highest BCUT2D eigenvalue weighted by atomic mass is 79.9. The van der Waals surface area contributed by atoms with Crippen LogP contribution in [0.5, 0.6) is 5.75 Å². The van der Waals surface area contributed by atoms with Crippen molar-refractivity contribution < 1.29 is 24.4 Å². The number of carboxylic acids is 1. The van der Waals surface area contributed by atoms with E-state index in [1.165, 1.54) is 24.1 Å². The van der Waals surface area contributed by atoms with Crippen LogP contribution in [0.2, 0.25) is 0 Å². The van der Waals surface area contributed by atoms with Gasteiger partial charge in [-0.3, -0.25) is 19.7 Å². The van der Waals surface area contributed by atoms with Gasteiger partial charge in [-0.15, -0.1) is 0 Å². The maximum atomic E-state index is 13.3. The molecule has 0 unspecified atom stereocenters. The van der Waals surface area contributed by atoms with E-state index in [-0.39, 0.29) is 16.8 Å². The van der Waals surface area contributed by atoms with Gasteiger partial charge in [-0.05, 0) is 29.7 Å². The number of fused-ring (bicyclic) bond motifs is 1. The third-order valence-electron chi connectivity index (χ3n) is 4.96. The largest absolute Gasteiger partial charge is 0.497 e. The number of methoxy groups -OCH3 is 1. The second-order valence-corrected chi connectivity index (χ2v) is 7.40. The first kappa shape index (κ1) is 20.8. The number of nitro benzene ring substituents is 1. The normalized spacial score (nSPS) is 18.3. The molecule has 0 spiro atoms. The fraction of sp³-hybridized carbons (Fsp3) is 0.300. The Kier molecular flexibility index (Phi) is 6.17. The maximum Gasteiger partial charge on any atom is 0.313 e. The standard InChI is InChI=1S/C20H19BrN2O6/c1-29-14-5-2-4-12(10-14)18-17(20(25)26)15-7-6-13(23(27)28)11-16(15)19(24)22(18)9-3-8-21/h2,4-7,10-11,17-18H,3,8-9H2,1H3,(H,25,26)/t17-,18-/m1/s1. The molecule has 0 fully saturated rings. The van der Waals surface area contributed by atoms with Crippen molar-refractivity contribution in [3.05, 3.63) is 69.3 Å². The SMILES string of the molecule is COc1cccc([C@@H]2[C@H](C(=O)O)c3ccc([N+](=O)[O-])cc3C(=O)N2CCCBr)c1. The molecule has 152 valence electrons. The van der Waals surface area contributed by atoms with E-state index in [0.29, 0.717) is 29.6 Å². The number of nitro groups is 1. The van der Waals surface area contributed by atoms with E-state index in [4.69, 9.17) is 4.74 Å². The highest BCUT2D eigenvalue weighted by Gasteiger charge is 2.44. The molecular weight excluding hydrogens is 444 g/mol. The summed E-state index contributed by atoms with van der Waals surface area (Å²) < 4.78 is 5.26. The lowest BCUT2D eigenvalue weighted by atomic mass is 9.79. The first-order valence-electron chi connectivity index (χ1n) is 8.91. The monoisotopic (exact) mass is 462 g/mol. The summed E-state index contributed by atoms with van der Waals surface area (Å²) >= 11 is 3.34. The zero-order chi connectivity index (χ0) is 21.1. The summed E-state index contributed by atoms with van der Waals surface area (Å²) in [5.74, 6) is -2.04. The summed E-state index contributed by atoms with van der Waals surface area (Å²) in [4.78, 5) is 37.6. The quantitative estimate of drug-likeness (QED) is 0.381. The molecule has 8 nitrogen and oxygen atoms in total. The summed E-state index contributed by atoms with van der Waals surface area (Å²) in [5, 5.41) is 21.8. The smallest absolute Gasteiger partial charge is 0.313 e. The van der Waals surface area contributed by atoms with Gasteiger partial charge in [0.2, 0.25) is 0 Å². The number of non-ortho nitro benzene ring substituents is 1. The number of hydrogen-bond donors (Lipinski definition) is 1. The number of ether oxygens (including phenoxy) is 1. The number of hydrogen-bond acceptors (Lipinski definition) is 5. The minimum absolute atomic E-state index is 0.0559. The van der Waals surface area contributed by atoms with E-state index in [9.17, 15) is 24.8 Å². The average molecular weight is 463 g/mol. The van der Waals surface area contributed by atoms with Crippen LogP contribution >= 0.6 is 15.9 Å². The first-order chi connectivity index (χ1) is 13.9. The highest BCUT2D eigenvalue weighted by Crippen LogP contribution is 2.44. The lowest BCUT2D eigenvalue weighted by molar-refractivity contribution is -0.384. The van der Waals surface area contributed by atoms with Crippen molar-refractivity contribution in [1.29, 1.82) is 0 Å². The number of nitrogens with zero attached hydrogens (tertiary/aromatic N) is 2. The number of rotatable bonds is 7. The van der Waals surface area contributed by atoms with Crippen LogP contribution in [0, 0.1) is 10.1 Å². The summed E-state index contributed by atoms with van der Waals surface area (Å²) in [7, 11) is 1.51. The Morgan fingerprint density at radius 3 is 2.69 bits per heavy atom. The number of amides is 1. The van der Waals surface area contributed by atoms with Crippen LogP contribution in [0.15, 0.2) is 42.5 Å². The number of halogens is 1. The van der Waals surface area contributed by atoms with E-state index < -0.39 is 28.8 Å². The molecule has 0 radical (unpaired) electrons. The molecule has 3 rings (SSSR count). The number of carboxylic acid groups (broad SMARTS) is 1. The second kappa shape index (κ2) is 8.60. The Morgan fingerprint density at radius 2 is 2.07 bits per heavy atom. The number of benzene rings is 2. The molecule has 29 heavy (non-hydrogen) atoms. The molecule has 0 saturated heterocycles. The number of carbonyl (C=O) groups is 2. The Bertz CT molecular complexity index is 964. The van der Waals surface area contributed by atoms with Crippen LogP contribution in [0.4, 0.5) is 5.69 Å². The van der Waals surface area contributed by atoms with Gasteiger partial charge in [0.1, 0.15) is 11.7 Å².